The molecule has 2 N–H and O–H groups in total. The zero-order valence-corrected chi connectivity index (χ0v) is 9.66. The Morgan fingerprint density at radius 3 is 2.88 bits per heavy atom. The molecule has 4 nitrogen and oxygen atoms in total. The van der Waals surface area contributed by atoms with Crippen molar-refractivity contribution in [2.45, 2.75) is 25.4 Å². The van der Waals surface area contributed by atoms with Gasteiger partial charge in [0.05, 0.1) is 6.42 Å². The van der Waals surface area contributed by atoms with Crippen LogP contribution in [-0.4, -0.2) is 25.1 Å². The van der Waals surface area contributed by atoms with E-state index in [4.69, 9.17) is 4.74 Å². The molecule has 4 heteroatoms. The van der Waals surface area contributed by atoms with Gasteiger partial charge in [0.15, 0.2) is 0 Å². The van der Waals surface area contributed by atoms with Gasteiger partial charge in [0.25, 0.3) is 0 Å². The van der Waals surface area contributed by atoms with Gasteiger partial charge in [-0.3, -0.25) is 4.79 Å². The zero-order valence-electron chi connectivity index (χ0n) is 9.66. The van der Waals surface area contributed by atoms with E-state index in [2.05, 4.69) is 10.6 Å². The van der Waals surface area contributed by atoms with Gasteiger partial charge in [0.1, 0.15) is 11.9 Å². The van der Waals surface area contributed by atoms with E-state index in [0.717, 1.165) is 42.9 Å². The fourth-order valence-electron chi connectivity index (χ4n) is 2.37. The Hall–Kier alpha value is -1.55. The van der Waals surface area contributed by atoms with E-state index >= 15 is 0 Å². The maximum atomic E-state index is 11.2. The van der Waals surface area contributed by atoms with Gasteiger partial charge in [-0.25, -0.2) is 0 Å². The van der Waals surface area contributed by atoms with Crippen LogP contribution in [0.3, 0.4) is 0 Å². The highest BCUT2D eigenvalue weighted by atomic mass is 16.5. The van der Waals surface area contributed by atoms with Gasteiger partial charge < -0.3 is 15.4 Å². The number of piperidine rings is 1. The second kappa shape index (κ2) is 4.37. The average Bonchev–Trinajstić information content (AvgIpc) is 2.70. The van der Waals surface area contributed by atoms with Crippen molar-refractivity contribution in [1.82, 2.24) is 5.32 Å². The molecular weight excluding hydrogens is 216 g/mol. The molecule has 0 aliphatic carbocycles. The van der Waals surface area contributed by atoms with E-state index in [1.54, 1.807) is 0 Å². The van der Waals surface area contributed by atoms with Crippen molar-refractivity contribution in [1.29, 1.82) is 0 Å². The van der Waals surface area contributed by atoms with E-state index in [-0.39, 0.29) is 5.91 Å². The van der Waals surface area contributed by atoms with Crippen LogP contribution in [-0.2, 0) is 11.2 Å². The summed E-state index contributed by atoms with van der Waals surface area (Å²) in [5.41, 5.74) is 1.97. The summed E-state index contributed by atoms with van der Waals surface area (Å²) in [4.78, 5) is 11.2. The van der Waals surface area contributed by atoms with Gasteiger partial charge in [-0.1, -0.05) is 6.07 Å². The van der Waals surface area contributed by atoms with Gasteiger partial charge in [-0.2, -0.15) is 0 Å². The number of ether oxygens (including phenoxy) is 1. The van der Waals surface area contributed by atoms with Gasteiger partial charge in [0.2, 0.25) is 5.91 Å². The number of hydrogen-bond donors (Lipinski definition) is 2. The highest BCUT2D eigenvalue weighted by molar-refractivity contribution is 5.99. The van der Waals surface area contributed by atoms with E-state index in [0.29, 0.717) is 12.5 Å². The summed E-state index contributed by atoms with van der Waals surface area (Å²) in [6.07, 6.45) is 2.88. The first kappa shape index (κ1) is 10.6. The molecule has 17 heavy (non-hydrogen) atoms. The van der Waals surface area contributed by atoms with Crippen molar-refractivity contribution >= 4 is 11.6 Å². The number of carbonyl (C=O) groups is 1. The van der Waals surface area contributed by atoms with E-state index < -0.39 is 0 Å². The molecule has 2 aliphatic rings. The summed E-state index contributed by atoms with van der Waals surface area (Å²) in [6.45, 7) is 2.04. The van der Waals surface area contributed by atoms with Gasteiger partial charge in [-0.15, -0.1) is 0 Å². The number of benzene rings is 1. The first-order valence-corrected chi connectivity index (χ1v) is 6.11. The minimum atomic E-state index is 0.0685. The lowest BCUT2D eigenvalue weighted by atomic mass is 10.1. The largest absolute Gasteiger partial charge is 0.490 e. The topological polar surface area (TPSA) is 50.4 Å². The molecule has 0 atom stereocenters. The lowest BCUT2D eigenvalue weighted by Crippen LogP contribution is -2.34. The molecule has 1 saturated heterocycles. The molecule has 1 fully saturated rings. The minimum Gasteiger partial charge on any atom is -0.490 e. The fraction of sp³-hybridized carbons (Fsp3) is 0.462. The molecule has 0 spiro atoms. The summed E-state index contributed by atoms with van der Waals surface area (Å²) in [6, 6.07) is 5.87. The van der Waals surface area contributed by atoms with Crippen LogP contribution in [0.25, 0.3) is 0 Å². The van der Waals surface area contributed by atoms with E-state index in [1.165, 1.54) is 0 Å². The molecule has 0 saturated carbocycles. The van der Waals surface area contributed by atoms with Crippen LogP contribution in [0.4, 0.5) is 5.69 Å². The second-order valence-electron chi connectivity index (χ2n) is 4.61. The Kier molecular flexibility index (Phi) is 2.73. The number of amides is 1. The predicted octanol–water partition coefficient (Wildman–Crippen LogP) is 1.31. The fourth-order valence-corrected chi connectivity index (χ4v) is 2.37. The van der Waals surface area contributed by atoms with Crippen LogP contribution < -0.4 is 15.4 Å². The number of anilines is 1. The Labute approximate surface area is 100 Å². The van der Waals surface area contributed by atoms with E-state index in [1.807, 2.05) is 18.2 Å². The molecule has 2 aliphatic heterocycles. The Balaban J connectivity index is 1.72. The quantitative estimate of drug-likeness (QED) is 0.808. The first-order chi connectivity index (χ1) is 8.31. The van der Waals surface area contributed by atoms with Crippen LogP contribution in [0.15, 0.2) is 18.2 Å². The monoisotopic (exact) mass is 232 g/mol. The Morgan fingerprint density at radius 2 is 2.06 bits per heavy atom. The standard InChI is InChI=1S/C13H16N2O2/c16-13-7-9-1-2-11(8-12(9)15-13)17-10-3-5-14-6-4-10/h1-2,8,10,14H,3-7H2,(H,15,16). The summed E-state index contributed by atoms with van der Waals surface area (Å²) >= 11 is 0. The van der Waals surface area contributed by atoms with Crippen molar-refractivity contribution in [3.63, 3.8) is 0 Å². The number of carbonyl (C=O) groups excluding carboxylic acids is 1. The number of fused-ring (bicyclic) bond motifs is 1. The summed E-state index contributed by atoms with van der Waals surface area (Å²) in [5.74, 6) is 0.928. The number of hydrogen-bond acceptors (Lipinski definition) is 3. The van der Waals surface area contributed by atoms with Crippen molar-refractivity contribution in [2.24, 2.45) is 0 Å². The Morgan fingerprint density at radius 1 is 1.24 bits per heavy atom. The van der Waals surface area contributed by atoms with Crippen LogP contribution in [0.1, 0.15) is 18.4 Å². The van der Waals surface area contributed by atoms with Crippen molar-refractivity contribution in [3.05, 3.63) is 23.8 Å². The van der Waals surface area contributed by atoms with Gasteiger partial charge in [-0.05, 0) is 37.6 Å². The molecule has 0 aromatic heterocycles. The summed E-state index contributed by atoms with van der Waals surface area (Å²) in [5, 5.41) is 6.15. The SMILES string of the molecule is O=C1Cc2ccc(OC3CCNCC3)cc2N1. The van der Waals surface area contributed by atoms with Crippen molar-refractivity contribution < 1.29 is 9.53 Å². The maximum Gasteiger partial charge on any atom is 0.228 e. The second-order valence-corrected chi connectivity index (χ2v) is 4.61. The van der Waals surface area contributed by atoms with Crippen LogP contribution >= 0.6 is 0 Å². The average molecular weight is 232 g/mol. The first-order valence-electron chi connectivity index (χ1n) is 6.11. The molecule has 0 bridgehead atoms. The predicted molar refractivity (Wildman–Crippen MR) is 65.3 cm³/mol. The van der Waals surface area contributed by atoms with Gasteiger partial charge >= 0.3 is 0 Å². The highest BCUT2D eigenvalue weighted by Crippen LogP contribution is 2.28. The molecule has 0 unspecified atom stereocenters. The van der Waals surface area contributed by atoms with Crippen LogP contribution in [0, 0.1) is 0 Å². The molecule has 90 valence electrons. The number of nitrogens with one attached hydrogen (secondary N) is 2. The zero-order chi connectivity index (χ0) is 11.7. The maximum absolute atomic E-state index is 11.2. The van der Waals surface area contributed by atoms with Crippen molar-refractivity contribution in [3.8, 4) is 5.75 Å². The van der Waals surface area contributed by atoms with E-state index in [9.17, 15) is 4.79 Å². The third-order valence-electron chi connectivity index (χ3n) is 3.30. The molecule has 1 amide bonds. The lowest BCUT2D eigenvalue weighted by molar-refractivity contribution is -0.115. The molecule has 1 aromatic rings. The minimum absolute atomic E-state index is 0.0685. The van der Waals surface area contributed by atoms with Crippen LogP contribution in [0.2, 0.25) is 0 Å². The Bertz CT molecular complexity index is 439. The summed E-state index contributed by atoms with van der Waals surface area (Å²) in [7, 11) is 0. The highest BCUT2D eigenvalue weighted by Gasteiger charge is 2.19. The normalized spacial score (nSPS) is 19.9. The number of rotatable bonds is 2. The summed E-state index contributed by atoms with van der Waals surface area (Å²) < 4.78 is 5.92. The molecule has 2 heterocycles. The molecule has 3 rings (SSSR count). The van der Waals surface area contributed by atoms with Gasteiger partial charge in [0, 0.05) is 11.8 Å². The third kappa shape index (κ3) is 2.26. The molecular formula is C13H16N2O2. The third-order valence-corrected chi connectivity index (χ3v) is 3.30. The van der Waals surface area contributed by atoms with Crippen LogP contribution in [0.5, 0.6) is 5.75 Å². The lowest BCUT2D eigenvalue weighted by Gasteiger charge is -2.24. The smallest absolute Gasteiger partial charge is 0.228 e. The van der Waals surface area contributed by atoms with Crippen molar-refractivity contribution in [2.75, 3.05) is 18.4 Å². The molecule has 1 aromatic carbocycles. The molecule has 0 radical (unpaired) electrons.